The first-order valence-corrected chi connectivity index (χ1v) is 8.33. The van der Waals surface area contributed by atoms with E-state index in [2.05, 4.69) is 4.74 Å². The molecule has 0 amide bonds. The number of carbonyl (C=O) groups excluding carboxylic acids is 2. The molecule has 7 heteroatoms. The Labute approximate surface area is 139 Å². The zero-order chi connectivity index (χ0) is 17.4. The van der Waals surface area contributed by atoms with E-state index in [1.807, 2.05) is 12.1 Å². The lowest BCUT2D eigenvalue weighted by molar-refractivity contribution is -0.142. The van der Waals surface area contributed by atoms with Crippen molar-refractivity contribution in [1.82, 2.24) is 0 Å². The molecule has 0 aromatic heterocycles. The van der Waals surface area contributed by atoms with Crippen molar-refractivity contribution in [2.45, 2.75) is 26.2 Å². The van der Waals surface area contributed by atoms with Gasteiger partial charge in [-0.15, -0.1) is 11.8 Å². The molecule has 0 radical (unpaired) electrons. The molecule has 0 heterocycles. The molecule has 1 atom stereocenters. The zero-order valence-electron chi connectivity index (χ0n) is 13.3. The second kappa shape index (κ2) is 9.02. The van der Waals surface area contributed by atoms with Gasteiger partial charge in [0.1, 0.15) is 6.07 Å². The van der Waals surface area contributed by atoms with Crippen LogP contribution in [0.3, 0.4) is 0 Å². The van der Waals surface area contributed by atoms with Crippen LogP contribution in [0, 0.1) is 28.6 Å². The van der Waals surface area contributed by atoms with E-state index in [1.54, 1.807) is 13.2 Å². The van der Waals surface area contributed by atoms with Crippen LogP contribution in [0.25, 0.3) is 0 Å². The van der Waals surface area contributed by atoms with Crippen LogP contribution >= 0.6 is 11.8 Å². The van der Waals surface area contributed by atoms with Gasteiger partial charge >= 0.3 is 11.9 Å². The first-order valence-electron chi connectivity index (χ1n) is 7.10. The minimum Gasteiger partial charge on any atom is -0.468 e. The average molecular weight is 334 g/mol. The molecular weight excluding hydrogens is 316 g/mol. The highest BCUT2D eigenvalue weighted by Gasteiger charge is 2.32. The minimum atomic E-state index is -1.01. The molecule has 1 rings (SSSR count). The summed E-state index contributed by atoms with van der Waals surface area (Å²) >= 11 is 1.24. The molecule has 6 nitrogen and oxygen atoms in total. The normalized spacial score (nSPS) is 16.0. The van der Waals surface area contributed by atoms with Crippen molar-refractivity contribution in [3.8, 4) is 12.1 Å². The number of hydrogen-bond donors (Lipinski definition) is 0. The Balaban J connectivity index is 3.44. The van der Waals surface area contributed by atoms with Gasteiger partial charge < -0.3 is 9.47 Å². The monoisotopic (exact) mass is 334 g/mol. The summed E-state index contributed by atoms with van der Waals surface area (Å²) < 4.78 is 9.59. The number of hydrogen-bond acceptors (Lipinski definition) is 7. The number of nitriles is 2. The van der Waals surface area contributed by atoms with E-state index >= 15 is 0 Å². The van der Waals surface area contributed by atoms with Crippen molar-refractivity contribution < 1.29 is 19.1 Å². The SMILES string of the molecule is CCOC(=O)/C(C#N)=C(/SC)C1=C(C(C#N)C(=O)OC)CCC1. The Morgan fingerprint density at radius 2 is 2.04 bits per heavy atom. The first-order chi connectivity index (χ1) is 11.0. The lowest BCUT2D eigenvalue weighted by atomic mass is 9.96. The molecule has 0 N–H and O–H groups in total. The smallest absolute Gasteiger partial charge is 0.350 e. The second-order valence-electron chi connectivity index (χ2n) is 4.68. The molecule has 23 heavy (non-hydrogen) atoms. The molecule has 122 valence electrons. The molecule has 1 unspecified atom stereocenters. The Bertz CT molecular complexity index is 637. The standard InChI is InChI=1S/C16H18N2O4S/c1-4-22-16(20)13(9-18)14(23-3)11-7-5-6-10(11)12(8-17)15(19)21-2/h12H,4-7H2,1-3H3/b14-13+. The van der Waals surface area contributed by atoms with Gasteiger partial charge in [0.15, 0.2) is 11.5 Å². The molecule has 0 spiro atoms. The molecule has 0 fully saturated rings. The fourth-order valence-corrected chi connectivity index (χ4v) is 3.32. The van der Waals surface area contributed by atoms with E-state index in [0.717, 1.165) is 6.42 Å². The molecule has 0 aromatic rings. The molecule has 0 saturated carbocycles. The number of esters is 2. The van der Waals surface area contributed by atoms with Crippen LogP contribution in [0.15, 0.2) is 21.6 Å². The van der Waals surface area contributed by atoms with E-state index in [4.69, 9.17) is 4.74 Å². The van der Waals surface area contributed by atoms with Crippen LogP contribution in [-0.2, 0) is 19.1 Å². The lowest BCUT2D eigenvalue weighted by Gasteiger charge is -2.14. The number of allylic oxidation sites excluding steroid dienone is 1. The molecule has 0 saturated heterocycles. The third-order valence-corrected chi connectivity index (χ3v) is 4.33. The number of carbonyl (C=O) groups is 2. The third kappa shape index (κ3) is 4.14. The molecule has 1 aliphatic rings. The van der Waals surface area contributed by atoms with E-state index in [9.17, 15) is 20.1 Å². The summed E-state index contributed by atoms with van der Waals surface area (Å²) in [4.78, 5) is 24.3. The van der Waals surface area contributed by atoms with Gasteiger partial charge in [-0.1, -0.05) is 0 Å². The predicted octanol–water partition coefficient (Wildman–Crippen LogP) is 2.48. The Hall–Kier alpha value is -2.25. The number of nitrogens with zero attached hydrogens (tertiary/aromatic N) is 2. The van der Waals surface area contributed by atoms with Gasteiger partial charge in [0, 0.05) is 4.91 Å². The van der Waals surface area contributed by atoms with Gasteiger partial charge in [-0.25, -0.2) is 4.79 Å². The van der Waals surface area contributed by atoms with Gasteiger partial charge in [0.2, 0.25) is 0 Å². The number of ether oxygens (including phenoxy) is 2. The van der Waals surface area contributed by atoms with Crippen molar-refractivity contribution in [2.75, 3.05) is 20.0 Å². The van der Waals surface area contributed by atoms with Crippen LogP contribution in [0.4, 0.5) is 0 Å². The summed E-state index contributed by atoms with van der Waals surface area (Å²) in [6.45, 7) is 1.83. The number of methoxy groups -OCH3 is 1. The maximum atomic E-state index is 12.0. The Kier molecular flexibility index (Phi) is 7.37. The molecular formula is C16H18N2O4S. The van der Waals surface area contributed by atoms with E-state index < -0.39 is 17.9 Å². The Morgan fingerprint density at radius 3 is 2.52 bits per heavy atom. The van der Waals surface area contributed by atoms with Crippen LogP contribution in [0.2, 0.25) is 0 Å². The lowest BCUT2D eigenvalue weighted by Crippen LogP contribution is -2.17. The van der Waals surface area contributed by atoms with Crippen molar-refractivity contribution >= 4 is 23.7 Å². The highest BCUT2D eigenvalue weighted by molar-refractivity contribution is 8.02. The van der Waals surface area contributed by atoms with Crippen molar-refractivity contribution in [3.05, 3.63) is 21.6 Å². The number of rotatable bonds is 6. The fraction of sp³-hybridized carbons (Fsp3) is 0.500. The van der Waals surface area contributed by atoms with Crippen LogP contribution in [0.1, 0.15) is 26.2 Å². The zero-order valence-corrected chi connectivity index (χ0v) is 14.2. The maximum Gasteiger partial charge on any atom is 0.350 e. The summed E-state index contributed by atoms with van der Waals surface area (Å²) in [7, 11) is 1.23. The molecule has 0 aliphatic heterocycles. The quantitative estimate of drug-likeness (QED) is 0.418. The van der Waals surface area contributed by atoms with Gasteiger partial charge in [0.05, 0.1) is 19.8 Å². The van der Waals surface area contributed by atoms with Crippen LogP contribution < -0.4 is 0 Å². The molecule has 0 aromatic carbocycles. The Morgan fingerprint density at radius 1 is 1.35 bits per heavy atom. The summed E-state index contributed by atoms with van der Waals surface area (Å²) in [5.41, 5.74) is 1.25. The average Bonchev–Trinajstić information content (AvgIpc) is 3.01. The van der Waals surface area contributed by atoms with Crippen molar-refractivity contribution in [2.24, 2.45) is 5.92 Å². The van der Waals surface area contributed by atoms with E-state index in [1.165, 1.54) is 18.9 Å². The highest BCUT2D eigenvalue weighted by Crippen LogP contribution is 2.41. The first kappa shape index (κ1) is 18.8. The summed E-state index contributed by atoms with van der Waals surface area (Å²) in [5, 5.41) is 18.6. The van der Waals surface area contributed by atoms with Gasteiger partial charge in [0.25, 0.3) is 0 Å². The summed E-state index contributed by atoms with van der Waals surface area (Å²) in [6, 6.07) is 3.84. The van der Waals surface area contributed by atoms with E-state index in [-0.39, 0.29) is 12.2 Å². The maximum absolute atomic E-state index is 12.0. The highest BCUT2D eigenvalue weighted by atomic mass is 32.2. The van der Waals surface area contributed by atoms with E-state index in [0.29, 0.717) is 28.9 Å². The predicted molar refractivity (Wildman–Crippen MR) is 84.8 cm³/mol. The van der Waals surface area contributed by atoms with Crippen LogP contribution in [-0.4, -0.2) is 31.9 Å². The number of thioether (sulfide) groups is 1. The van der Waals surface area contributed by atoms with Gasteiger partial charge in [-0.05, 0) is 43.6 Å². The molecule has 1 aliphatic carbocycles. The largest absolute Gasteiger partial charge is 0.468 e. The minimum absolute atomic E-state index is 0.0877. The van der Waals surface area contributed by atoms with Crippen molar-refractivity contribution in [3.63, 3.8) is 0 Å². The van der Waals surface area contributed by atoms with Gasteiger partial charge in [-0.3, -0.25) is 4.79 Å². The van der Waals surface area contributed by atoms with Gasteiger partial charge in [-0.2, -0.15) is 10.5 Å². The second-order valence-corrected chi connectivity index (χ2v) is 5.50. The van der Waals surface area contributed by atoms with Crippen LogP contribution in [0.5, 0.6) is 0 Å². The van der Waals surface area contributed by atoms with Crippen molar-refractivity contribution in [1.29, 1.82) is 10.5 Å². The third-order valence-electron chi connectivity index (χ3n) is 3.47. The fourth-order valence-electron chi connectivity index (χ4n) is 2.50. The summed E-state index contributed by atoms with van der Waals surface area (Å²) in [6.07, 6.45) is 3.67. The molecule has 0 bridgehead atoms. The topological polar surface area (TPSA) is 100 Å². The summed E-state index contributed by atoms with van der Waals surface area (Å²) in [5.74, 6) is -2.33.